The summed E-state index contributed by atoms with van der Waals surface area (Å²) in [6.45, 7) is 2.53. The van der Waals surface area contributed by atoms with E-state index in [1.165, 1.54) is 0 Å². The van der Waals surface area contributed by atoms with Crippen molar-refractivity contribution in [3.63, 3.8) is 0 Å². The third-order valence-corrected chi connectivity index (χ3v) is 2.54. The van der Waals surface area contributed by atoms with Gasteiger partial charge in [0.25, 0.3) is 0 Å². The van der Waals surface area contributed by atoms with Crippen molar-refractivity contribution >= 4 is 21.8 Å². The molecule has 0 atom stereocenters. The maximum atomic E-state index is 5.51. The number of halogens is 1. The van der Waals surface area contributed by atoms with Gasteiger partial charge in [-0.05, 0) is 25.1 Å². The zero-order valence-electron chi connectivity index (χ0n) is 8.74. The van der Waals surface area contributed by atoms with Crippen LogP contribution in [0.3, 0.4) is 0 Å². The topological polar surface area (TPSA) is 61.3 Å². The lowest BCUT2D eigenvalue weighted by Gasteiger charge is -2.07. The molecule has 2 aromatic rings. The van der Waals surface area contributed by atoms with Crippen LogP contribution in [-0.2, 0) is 0 Å². The van der Waals surface area contributed by atoms with E-state index in [0.29, 0.717) is 12.3 Å². The maximum Gasteiger partial charge on any atom is 0.222 e. The van der Waals surface area contributed by atoms with Gasteiger partial charge in [-0.1, -0.05) is 21.1 Å². The van der Waals surface area contributed by atoms with Crippen LogP contribution >= 0.6 is 15.9 Å². The maximum absolute atomic E-state index is 5.51. The standard InChI is InChI=1S/C11H11BrN2O2/c1-2-15-10-4-3-7(12)5-8(10)9-6-11(13)16-14-9/h3-6H,2,13H2,1H3. The second kappa shape index (κ2) is 4.57. The fraction of sp³-hybridized carbons (Fsp3) is 0.182. The molecule has 0 fully saturated rings. The number of nitrogens with zero attached hydrogens (tertiary/aromatic N) is 1. The largest absolute Gasteiger partial charge is 0.493 e. The Morgan fingerprint density at radius 1 is 1.44 bits per heavy atom. The summed E-state index contributed by atoms with van der Waals surface area (Å²) in [6.07, 6.45) is 0. The Kier molecular flexibility index (Phi) is 3.14. The molecule has 0 bridgehead atoms. The van der Waals surface area contributed by atoms with Crippen molar-refractivity contribution < 1.29 is 9.26 Å². The van der Waals surface area contributed by atoms with Gasteiger partial charge in [-0.2, -0.15) is 0 Å². The number of benzene rings is 1. The summed E-state index contributed by atoms with van der Waals surface area (Å²) in [6, 6.07) is 7.39. The van der Waals surface area contributed by atoms with Gasteiger partial charge in [0.15, 0.2) is 0 Å². The Labute approximate surface area is 102 Å². The Morgan fingerprint density at radius 3 is 2.88 bits per heavy atom. The highest BCUT2D eigenvalue weighted by molar-refractivity contribution is 9.10. The third kappa shape index (κ3) is 2.19. The second-order valence-electron chi connectivity index (χ2n) is 3.19. The van der Waals surface area contributed by atoms with Gasteiger partial charge in [0.2, 0.25) is 5.88 Å². The Morgan fingerprint density at radius 2 is 2.25 bits per heavy atom. The molecule has 2 N–H and O–H groups in total. The van der Waals surface area contributed by atoms with E-state index >= 15 is 0 Å². The van der Waals surface area contributed by atoms with Gasteiger partial charge in [-0.3, -0.25) is 0 Å². The first-order valence-corrected chi connectivity index (χ1v) is 5.65. The van der Waals surface area contributed by atoms with Crippen LogP contribution in [0.5, 0.6) is 5.75 Å². The van der Waals surface area contributed by atoms with E-state index in [4.69, 9.17) is 15.0 Å². The summed E-state index contributed by atoms with van der Waals surface area (Å²) in [5.41, 5.74) is 7.02. The van der Waals surface area contributed by atoms with Gasteiger partial charge in [0.05, 0.1) is 6.61 Å². The number of anilines is 1. The summed E-state index contributed by atoms with van der Waals surface area (Å²) >= 11 is 3.41. The average Bonchev–Trinajstić information content (AvgIpc) is 2.68. The van der Waals surface area contributed by atoms with E-state index in [0.717, 1.165) is 15.8 Å². The Balaban J connectivity index is 2.48. The third-order valence-electron chi connectivity index (χ3n) is 2.05. The summed E-state index contributed by atoms with van der Waals surface area (Å²) in [5.74, 6) is 1.05. The van der Waals surface area contributed by atoms with Crippen LogP contribution in [0.4, 0.5) is 5.88 Å². The molecule has 0 spiro atoms. The summed E-state index contributed by atoms with van der Waals surface area (Å²) in [7, 11) is 0. The Hall–Kier alpha value is -1.49. The number of hydrogen-bond acceptors (Lipinski definition) is 4. The molecule has 84 valence electrons. The fourth-order valence-electron chi connectivity index (χ4n) is 1.40. The molecule has 0 saturated heterocycles. The Bertz CT molecular complexity index is 496. The molecule has 0 saturated carbocycles. The summed E-state index contributed by atoms with van der Waals surface area (Å²) in [5, 5.41) is 3.87. The van der Waals surface area contributed by atoms with Crippen molar-refractivity contribution in [2.24, 2.45) is 0 Å². The van der Waals surface area contributed by atoms with Gasteiger partial charge < -0.3 is 15.0 Å². The number of nitrogen functional groups attached to an aromatic ring is 1. The second-order valence-corrected chi connectivity index (χ2v) is 4.10. The average molecular weight is 283 g/mol. The molecular weight excluding hydrogens is 272 g/mol. The lowest BCUT2D eigenvalue weighted by atomic mass is 10.1. The van der Waals surface area contributed by atoms with E-state index in [9.17, 15) is 0 Å². The first kappa shape index (κ1) is 11.0. The number of nitrogens with two attached hydrogens (primary N) is 1. The molecule has 0 radical (unpaired) electrons. The first-order chi connectivity index (χ1) is 7.70. The SMILES string of the molecule is CCOc1ccc(Br)cc1-c1cc(N)on1. The van der Waals surface area contributed by atoms with Crippen LogP contribution in [0.2, 0.25) is 0 Å². The van der Waals surface area contributed by atoms with Crippen molar-refractivity contribution in [2.75, 3.05) is 12.3 Å². The molecular formula is C11H11BrN2O2. The predicted octanol–water partition coefficient (Wildman–Crippen LogP) is 3.09. The number of hydrogen-bond donors (Lipinski definition) is 1. The number of rotatable bonds is 3. The van der Waals surface area contributed by atoms with Crippen LogP contribution < -0.4 is 10.5 Å². The molecule has 16 heavy (non-hydrogen) atoms. The van der Waals surface area contributed by atoms with Crippen LogP contribution in [0, 0.1) is 0 Å². The number of ether oxygens (including phenoxy) is 1. The molecule has 1 aromatic heterocycles. The zero-order valence-corrected chi connectivity index (χ0v) is 10.3. The van der Waals surface area contributed by atoms with Gasteiger partial charge in [-0.15, -0.1) is 0 Å². The highest BCUT2D eigenvalue weighted by Crippen LogP contribution is 2.32. The first-order valence-electron chi connectivity index (χ1n) is 4.85. The van der Waals surface area contributed by atoms with Crippen LogP contribution in [0.25, 0.3) is 11.3 Å². The van der Waals surface area contributed by atoms with Gasteiger partial charge in [-0.25, -0.2) is 0 Å². The molecule has 0 amide bonds. The summed E-state index contributed by atoms with van der Waals surface area (Å²) < 4.78 is 11.3. The van der Waals surface area contributed by atoms with E-state index in [-0.39, 0.29) is 5.88 Å². The van der Waals surface area contributed by atoms with Crippen LogP contribution in [0.15, 0.2) is 33.3 Å². The van der Waals surface area contributed by atoms with Gasteiger partial charge >= 0.3 is 0 Å². The molecule has 5 heteroatoms. The van der Waals surface area contributed by atoms with E-state index in [2.05, 4.69) is 21.1 Å². The van der Waals surface area contributed by atoms with E-state index in [1.807, 2.05) is 25.1 Å². The van der Waals surface area contributed by atoms with Gasteiger partial charge in [0, 0.05) is 16.1 Å². The van der Waals surface area contributed by atoms with Crippen molar-refractivity contribution in [3.05, 3.63) is 28.7 Å². The lowest BCUT2D eigenvalue weighted by Crippen LogP contribution is -1.94. The smallest absolute Gasteiger partial charge is 0.222 e. The van der Waals surface area contributed by atoms with Gasteiger partial charge in [0.1, 0.15) is 11.4 Å². The number of aromatic nitrogens is 1. The molecule has 2 rings (SSSR count). The van der Waals surface area contributed by atoms with Crippen LogP contribution in [-0.4, -0.2) is 11.8 Å². The van der Waals surface area contributed by atoms with Crippen LogP contribution in [0.1, 0.15) is 6.92 Å². The highest BCUT2D eigenvalue weighted by Gasteiger charge is 2.11. The minimum atomic E-state index is 0.289. The monoisotopic (exact) mass is 282 g/mol. The van der Waals surface area contributed by atoms with Crippen molar-refractivity contribution in [3.8, 4) is 17.0 Å². The molecule has 1 aromatic carbocycles. The molecule has 0 aliphatic carbocycles. The fourth-order valence-corrected chi connectivity index (χ4v) is 1.76. The molecule has 1 heterocycles. The molecule has 0 aliphatic rings. The normalized spacial score (nSPS) is 10.4. The van der Waals surface area contributed by atoms with Crippen molar-refractivity contribution in [1.29, 1.82) is 0 Å². The quantitative estimate of drug-likeness (QED) is 0.940. The van der Waals surface area contributed by atoms with Crippen molar-refractivity contribution in [1.82, 2.24) is 5.16 Å². The highest BCUT2D eigenvalue weighted by atomic mass is 79.9. The molecule has 0 aliphatic heterocycles. The van der Waals surface area contributed by atoms with E-state index in [1.54, 1.807) is 6.07 Å². The summed E-state index contributed by atoms with van der Waals surface area (Å²) in [4.78, 5) is 0. The van der Waals surface area contributed by atoms with E-state index < -0.39 is 0 Å². The minimum Gasteiger partial charge on any atom is -0.493 e. The molecule has 4 nitrogen and oxygen atoms in total. The lowest BCUT2D eigenvalue weighted by molar-refractivity contribution is 0.341. The zero-order chi connectivity index (χ0) is 11.5. The molecule has 0 unspecified atom stereocenters. The predicted molar refractivity (Wildman–Crippen MR) is 65.2 cm³/mol. The minimum absolute atomic E-state index is 0.289. The van der Waals surface area contributed by atoms with Crippen molar-refractivity contribution in [2.45, 2.75) is 6.92 Å².